The van der Waals surface area contributed by atoms with Gasteiger partial charge in [0, 0.05) is 16.9 Å². The van der Waals surface area contributed by atoms with Gasteiger partial charge in [0.1, 0.15) is 6.04 Å². The Bertz CT molecular complexity index is 973. The zero-order chi connectivity index (χ0) is 25.4. The molecule has 35 heavy (non-hydrogen) atoms. The fourth-order valence-corrected chi connectivity index (χ4v) is 5.94. The lowest BCUT2D eigenvalue weighted by atomic mass is 9.89. The van der Waals surface area contributed by atoms with Crippen LogP contribution in [0, 0.1) is 0 Å². The van der Waals surface area contributed by atoms with Crippen molar-refractivity contribution in [3.8, 4) is 0 Å². The quantitative estimate of drug-likeness (QED) is 0.170. The fourth-order valence-electron chi connectivity index (χ4n) is 4.86. The summed E-state index contributed by atoms with van der Waals surface area (Å²) in [7, 11) is 0. The summed E-state index contributed by atoms with van der Waals surface area (Å²) in [5.41, 5.74) is 0.886. The standard InChI is InChI=1S/C27H37N3O4S/c1-4-16-27(5-2,6-3)28-17-9-7-8-10-18-35-21-13-11-12-19-23(21)26(34)30(25(19)33)20-14-15-22(31)29-24(20)32/h4,11-13,20,28H,1,5-10,14-18H2,2-3H3,(H,29,31,32). The largest absolute Gasteiger partial charge is 0.311 e. The van der Waals surface area contributed by atoms with Gasteiger partial charge < -0.3 is 5.32 Å². The van der Waals surface area contributed by atoms with E-state index in [2.05, 4.69) is 31.1 Å². The molecule has 1 unspecified atom stereocenters. The van der Waals surface area contributed by atoms with Gasteiger partial charge in [0.2, 0.25) is 11.8 Å². The molecule has 1 atom stereocenters. The average molecular weight is 500 g/mol. The first-order chi connectivity index (χ1) is 16.9. The summed E-state index contributed by atoms with van der Waals surface area (Å²) in [5.74, 6) is -1.00. The molecule has 2 N–H and O–H groups in total. The van der Waals surface area contributed by atoms with Crippen LogP contribution in [-0.4, -0.2) is 52.4 Å². The third-order valence-electron chi connectivity index (χ3n) is 7.15. The average Bonchev–Trinajstić information content (AvgIpc) is 3.10. The van der Waals surface area contributed by atoms with Gasteiger partial charge >= 0.3 is 0 Å². The zero-order valence-corrected chi connectivity index (χ0v) is 21.7. The lowest BCUT2D eigenvalue weighted by molar-refractivity contribution is -0.136. The first-order valence-corrected chi connectivity index (χ1v) is 13.7. The molecule has 0 aromatic heterocycles. The van der Waals surface area contributed by atoms with Crippen LogP contribution >= 0.6 is 11.8 Å². The normalized spacial score (nSPS) is 18.1. The van der Waals surface area contributed by atoms with Crippen LogP contribution in [0.15, 0.2) is 35.7 Å². The molecule has 190 valence electrons. The van der Waals surface area contributed by atoms with Gasteiger partial charge in [-0.25, -0.2) is 0 Å². The van der Waals surface area contributed by atoms with E-state index in [1.165, 1.54) is 0 Å². The summed E-state index contributed by atoms with van der Waals surface area (Å²) in [6, 6.07) is 4.35. The van der Waals surface area contributed by atoms with Crippen molar-refractivity contribution in [1.82, 2.24) is 15.5 Å². The molecule has 4 amide bonds. The van der Waals surface area contributed by atoms with Crippen LogP contribution in [-0.2, 0) is 9.59 Å². The van der Waals surface area contributed by atoms with Gasteiger partial charge in [0.25, 0.3) is 11.8 Å². The van der Waals surface area contributed by atoms with E-state index >= 15 is 0 Å². The van der Waals surface area contributed by atoms with E-state index in [0.29, 0.717) is 11.1 Å². The minimum atomic E-state index is -0.933. The van der Waals surface area contributed by atoms with E-state index < -0.39 is 23.8 Å². The Balaban J connectivity index is 1.48. The molecule has 0 spiro atoms. The number of hydrogen-bond acceptors (Lipinski definition) is 6. The Morgan fingerprint density at radius 2 is 1.86 bits per heavy atom. The smallest absolute Gasteiger partial charge is 0.263 e. The number of fused-ring (bicyclic) bond motifs is 1. The van der Waals surface area contributed by atoms with E-state index in [9.17, 15) is 19.2 Å². The maximum atomic E-state index is 13.2. The minimum Gasteiger partial charge on any atom is -0.311 e. The second-order valence-electron chi connectivity index (χ2n) is 9.30. The van der Waals surface area contributed by atoms with E-state index in [1.807, 2.05) is 12.1 Å². The topological polar surface area (TPSA) is 95.6 Å². The van der Waals surface area contributed by atoms with Crippen molar-refractivity contribution in [3.05, 3.63) is 42.0 Å². The van der Waals surface area contributed by atoms with E-state index in [0.717, 1.165) is 67.0 Å². The number of unbranched alkanes of at least 4 members (excludes halogenated alkanes) is 3. The van der Waals surface area contributed by atoms with Crippen LogP contribution in [0.4, 0.5) is 0 Å². The molecule has 2 aliphatic heterocycles. The second-order valence-corrected chi connectivity index (χ2v) is 10.4. The molecule has 1 saturated heterocycles. The molecule has 0 bridgehead atoms. The van der Waals surface area contributed by atoms with Crippen LogP contribution in [0.25, 0.3) is 0 Å². The van der Waals surface area contributed by atoms with Crippen molar-refractivity contribution < 1.29 is 19.2 Å². The Labute approximate surface area is 212 Å². The van der Waals surface area contributed by atoms with Crippen LogP contribution in [0.1, 0.15) is 92.4 Å². The number of nitrogens with one attached hydrogen (secondary N) is 2. The van der Waals surface area contributed by atoms with Crippen molar-refractivity contribution in [2.24, 2.45) is 0 Å². The first kappa shape index (κ1) is 27.1. The van der Waals surface area contributed by atoms with Gasteiger partial charge in [-0.2, -0.15) is 0 Å². The predicted molar refractivity (Wildman–Crippen MR) is 138 cm³/mol. The molecule has 3 rings (SSSR count). The molecule has 0 aliphatic carbocycles. The Morgan fingerprint density at radius 3 is 2.54 bits per heavy atom. The maximum absolute atomic E-state index is 13.2. The van der Waals surface area contributed by atoms with Crippen molar-refractivity contribution in [2.45, 2.75) is 88.1 Å². The zero-order valence-electron chi connectivity index (χ0n) is 20.9. The highest BCUT2D eigenvalue weighted by atomic mass is 32.2. The number of thioether (sulfide) groups is 1. The molecule has 2 heterocycles. The lowest BCUT2D eigenvalue weighted by Gasteiger charge is -2.32. The number of nitrogens with zero attached hydrogens (tertiary/aromatic N) is 1. The van der Waals surface area contributed by atoms with Gasteiger partial charge in [0.05, 0.1) is 11.1 Å². The lowest BCUT2D eigenvalue weighted by Crippen LogP contribution is -2.54. The number of carbonyl (C=O) groups excluding carboxylic acids is 4. The highest BCUT2D eigenvalue weighted by Gasteiger charge is 2.45. The number of imide groups is 2. The van der Waals surface area contributed by atoms with Crippen molar-refractivity contribution in [3.63, 3.8) is 0 Å². The van der Waals surface area contributed by atoms with Gasteiger partial charge in [-0.1, -0.05) is 38.8 Å². The summed E-state index contributed by atoms with van der Waals surface area (Å²) >= 11 is 1.58. The maximum Gasteiger partial charge on any atom is 0.263 e. The number of amides is 4. The molecule has 0 radical (unpaired) electrons. The molecular formula is C27H37N3O4S. The Kier molecular flexibility index (Phi) is 9.69. The summed E-state index contributed by atoms with van der Waals surface area (Å²) in [6.45, 7) is 9.34. The van der Waals surface area contributed by atoms with Gasteiger partial charge in [-0.05, 0) is 63.0 Å². The SMILES string of the molecule is C=CCC(CC)(CC)NCCCCCCSc1cccc2c1C(=O)N(C1CCC(=O)NC1=O)C2=O. The van der Waals surface area contributed by atoms with E-state index in [1.54, 1.807) is 23.9 Å². The number of piperidine rings is 1. The molecule has 7 nitrogen and oxygen atoms in total. The van der Waals surface area contributed by atoms with Gasteiger partial charge in [0.15, 0.2) is 0 Å². The number of hydrogen-bond donors (Lipinski definition) is 2. The molecule has 1 fully saturated rings. The third kappa shape index (κ3) is 6.22. The molecular weight excluding hydrogens is 462 g/mol. The van der Waals surface area contributed by atoms with Crippen LogP contribution < -0.4 is 10.6 Å². The van der Waals surface area contributed by atoms with Gasteiger partial charge in [-0.15, -0.1) is 18.3 Å². The number of rotatable bonds is 14. The molecule has 1 aromatic carbocycles. The van der Waals surface area contributed by atoms with Crippen molar-refractivity contribution >= 4 is 35.4 Å². The summed E-state index contributed by atoms with van der Waals surface area (Å²) in [5, 5.41) is 5.96. The predicted octanol–water partition coefficient (Wildman–Crippen LogP) is 4.46. The fraction of sp³-hybridized carbons (Fsp3) is 0.556. The second kappa shape index (κ2) is 12.5. The van der Waals surface area contributed by atoms with Crippen LogP contribution in [0.2, 0.25) is 0 Å². The number of carbonyl (C=O) groups is 4. The summed E-state index contributed by atoms with van der Waals surface area (Å²) < 4.78 is 0. The Hall–Kier alpha value is -2.45. The van der Waals surface area contributed by atoms with Gasteiger partial charge in [-0.3, -0.25) is 29.4 Å². The third-order valence-corrected chi connectivity index (χ3v) is 8.29. The highest BCUT2D eigenvalue weighted by molar-refractivity contribution is 7.99. The van der Waals surface area contributed by atoms with Crippen molar-refractivity contribution in [1.29, 1.82) is 0 Å². The van der Waals surface area contributed by atoms with E-state index in [4.69, 9.17) is 0 Å². The van der Waals surface area contributed by atoms with E-state index in [-0.39, 0.29) is 24.3 Å². The first-order valence-electron chi connectivity index (χ1n) is 12.7. The summed E-state index contributed by atoms with van der Waals surface area (Å²) in [4.78, 5) is 51.6. The van der Waals surface area contributed by atoms with Crippen molar-refractivity contribution in [2.75, 3.05) is 12.3 Å². The molecule has 2 aliphatic rings. The highest BCUT2D eigenvalue weighted by Crippen LogP contribution is 2.34. The van der Waals surface area contributed by atoms with Crippen LogP contribution in [0.3, 0.4) is 0 Å². The summed E-state index contributed by atoms with van der Waals surface area (Å²) in [6.07, 6.45) is 9.84. The Morgan fingerprint density at radius 1 is 1.11 bits per heavy atom. The monoisotopic (exact) mass is 499 g/mol. The minimum absolute atomic E-state index is 0.118. The van der Waals surface area contributed by atoms with Crippen LogP contribution in [0.5, 0.6) is 0 Å². The number of benzene rings is 1. The molecule has 0 saturated carbocycles. The molecule has 8 heteroatoms. The molecule has 1 aromatic rings.